The fraction of sp³-hybridized carbons (Fsp3) is 0.227. The molecule has 0 unspecified atom stereocenters. The van der Waals surface area contributed by atoms with E-state index in [0.717, 1.165) is 23.5 Å². The second-order valence-electron chi connectivity index (χ2n) is 6.24. The Hall–Kier alpha value is -2.72. The number of amides is 1. The zero-order chi connectivity index (χ0) is 19.1. The van der Waals surface area contributed by atoms with Gasteiger partial charge in [0.2, 0.25) is 0 Å². The molecule has 0 aliphatic carbocycles. The third-order valence-corrected chi connectivity index (χ3v) is 4.33. The van der Waals surface area contributed by atoms with Crippen LogP contribution >= 0.6 is 11.6 Å². The molecule has 0 saturated carbocycles. The summed E-state index contributed by atoms with van der Waals surface area (Å²) >= 11 is 5.97. The zero-order valence-corrected chi connectivity index (χ0v) is 16.0. The molecule has 0 aliphatic rings. The summed E-state index contributed by atoms with van der Waals surface area (Å²) in [6.07, 6.45) is 2.55. The van der Waals surface area contributed by atoms with E-state index in [1.54, 1.807) is 23.3 Å². The Labute approximate surface area is 164 Å². The Kier molecular flexibility index (Phi) is 6.55. The lowest BCUT2D eigenvalue weighted by molar-refractivity contribution is 0.0717. The van der Waals surface area contributed by atoms with Crippen molar-refractivity contribution >= 4 is 17.5 Å². The minimum atomic E-state index is -0.0663. The van der Waals surface area contributed by atoms with Crippen LogP contribution in [0.3, 0.4) is 0 Å². The molecule has 140 valence electrons. The first-order chi connectivity index (χ1) is 13.2. The molecule has 0 N–H and O–H groups in total. The standard InChI is InChI=1S/C22H22ClNO3/c1-2-13-26-20-11-7-18(8-12-20)22(25)24(16-21-4-3-14-27-21)15-17-5-9-19(23)10-6-17/h3-12,14H,2,13,15-16H2,1H3. The summed E-state index contributed by atoms with van der Waals surface area (Å²) in [5.41, 5.74) is 1.61. The molecule has 0 radical (unpaired) electrons. The number of ether oxygens (including phenoxy) is 1. The largest absolute Gasteiger partial charge is 0.494 e. The predicted molar refractivity (Wildman–Crippen MR) is 106 cm³/mol. The van der Waals surface area contributed by atoms with E-state index >= 15 is 0 Å². The quantitative estimate of drug-likeness (QED) is 0.511. The molecular weight excluding hydrogens is 362 g/mol. The number of carbonyl (C=O) groups is 1. The summed E-state index contributed by atoms with van der Waals surface area (Å²) in [6.45, 7) is 3.57. The molecule has 0 saturated heterocycles. The van der Waals surface area contributed by atoms with Crippen LogP contribution in [0, 0.1) is 0 Å². The Morgan fingerprint density at radius 1 is 1.04 bits per heavy atom. The third kappa shape index (κ3) is 5.38. The number of rotatable bonds is 8. The third-order valence-electron chi connectivity index (χ3n) is 4.07. The van der Waals surface area contributed by atoms with Gasteiger partial charge in [0.25, 0.3) is 5.91 Å². The summed E-state index contributed by atoms with van der Waals surface area (Å²) in [6, 6.07) is 18.4. The van der Waals surface area contributed by atoms with Crippen molar-refractivity contribution in [1.82, 2.24) is 4.90 Å². The highest BCUT2D eigenvalue weighted by atomic mass is 35.5. The van der Waals surface area contributed by atoms with E-state index < -0.39 is 0 Å². The van der Waals surface area contributed by atoms with Crippen molar-refractivity contribution in [1.29, 1.82) is 0 Å². The van der Waals surface area contributed by atoms with E-state index in [-0.39, 0.29) is 5.91 Å². The molecule has 27 heavy (non-hydrogen) atoms. The van der Waals surface area contributed by atoms with Crippen molar-refractivity contribution in [2.75, 3.05) is 6.61 Å². The molecule has 3 aromatic rings. The van der Waals surface area contributed by atoms with Crippen LogP contribution in [0.5, 0.6) is 5.75 Å². The van der Waals surface area contributed by atoms with Crippen LogP contribution in [0.4, 0.5) is 0 Å². The van der Waals surface area contributed by atoms with Gasteiger partial charge in [-0.3, -0.25) is 4.79 Å². The molecule has 3 rings (SSSR count). The second-order valence-corrected chi connectivity index (χ2v) is 6.68. The summed E-state index contributed by atoms with van der Waals surface area (Å²) in [5.74, 6) is 1.44. The van der Waals surface area contributed by atoms with Gasteiger partial charge in [0, 0.05) is 17.1 Å². The Morgan fingerprint density at radius 2 is 1.78 bits per heavy atom. The maximum absolute atomic E-state index is 13.1. The van der Waals surface area contributed by atoms with E-state index in [1.807, 2.05) is 48.5 Å². The van der Waals surface area contributed by atoms with Crippen LogP contribution in [-0.2, 0) is 13.1 Å². The Morgan fingerprint density at radius 3 is 2.41 bits per heavy atom. The van der Waals surface area contributed by atoms with Gasteiger partial charge in [-0.2, -0.15) is 0 Å². The lowest BCUT2D eigenvalue weighted by Gasteiger charge is -2.22. The SMILES string of the molecule is CCCOc1ccc(C(=O)N(Cc2ccc(Cl)cc2)Cc2ccco2)cc1. The van der Waals surface area contributed by atoms with Gasteiger partial charge in [0.15, 0.2) is 0 Å². The van der Waals surface area contributed by atoms with Crippen molar-refractivity contribution in [3.63, 3.8) is 0 Å². The van der Waals surface area contributed by atoms with E-state index in [0.29, 0.717) is 30.3 Å². The van der Waals surface area contributed by atoms with E-state index in [9.17, 15) is 4.79 Å². The molecule has 1 amide bonds. The van der Waals surface area contributed by atoms with Crippen LogP contribution in [0.25, 0.3) is 0 Å². The van der Waals surface area contributed by atoms with Gasteiger partial charge in [0.1, 0.15) is 11.5 Å². The van der Waals surface area contributed by atoms with Crippen LogP contribution in [0.1, 0.15) is 35.0 Å². The molecule has 0 bridgehead atoms. The molecule has 1 heterocycles. The smallest absolute Gasteiger partial charge is 0.254 e. The van der Waals surface area contributed by atoms with Gasteiger partial charge in [-0.05, 0) is 60.5 Å². The lowest BCUT2D eigenvalue weighted by atomic mass is 10.1. The summed E-state index contributed by atoms with van der Waals surface area (Å²) in [7, 11) is 0. The molecule has 0 atom stereocenters. The molecule has 0 fully saturated rings. The fourth-order valence-corrected chi connectivity index (χ4v) is 2.82. The number of hydrogen-bond donors (Lipinski definition) is 0. The molecule has 0 aliphatic heterocycles. The average molecular weight is 384 g/mol. The number of nitrogens with zero attached hydrogens (tertiary/aromatic N) is 1. The highest BCUT2D eigenvalue weighted by molar-refractivity contribution is 6.30. The van der Waals surface area contributed by atoms with E-state index in [1.165, 1.54) is 0 Å². The van der Waals surface area contributed by atoms with Gasteiger partial charge in [0.05, 0.1) is 19.4 Å². The first-order valence-electron chi connectivity index (χ1n) is 8.94. The first kappa shape index (κ1) is 19.1. The van der Waals surface area contributed by atoms with Crippen LogP contribution in [0.15, 0.2) is 71.3 Å². The molecular formula is C22H22ClNO3. The number of carbonyl (C=O) groups excluding carboxylic acids is 1. The van der Waals surface area contributed by atoms with Crippen molar-refractivity contribution in [3.8, 4) is 5.75 Å². The van der Waals surface area contributed by atoms with Gasteiger partial charge < -0.3 is 14.1 Å². The highest BCUT2D eigenvalue weighted by Crippen LogP contribution is 2.19. The Balaban J connectivity index is 1.78. The average Bonchev–Trinajstić information content (AvgIpc) is 3.20. The lowest BCUT2D eigenvalue weighted by Crippen LogP contribution is -2.30. The number of halogens is 1. The van der Waals surface area contributed by atoms with Crippen molar-refractivity contribution < 1.29 is 13.9 Å². The maximum Gasteiger partial charge on any atom is 0.254 e. The fourth-order valence-electron chi connectivity index (χ4n) is 2.70. The zero-order valence-electron chi connectivity index (χ0n) is 15.2. The minimum Gasteiger partial charge on any atom is -0.494 e. The second kappa shape index (κ2) is 9.28. The highest BCUT2D eigenvalue weighted by Gasteiger charge is 2.18. The summed E-state index contributed by atoms with van der Waals surface area (Å²) in [5, 5.41) is 0.672. The predicted octanol–water partition coefficient (Wildman–Crippen LogP) is 5.56. The summed E-state index contributed by atoms with van der Waals surface area (Å²) in [4.78, 5) is 14.8. The summed E-state index contributed by atoms with van der Waals surface area (Å²) < 4.78 is 11.0. The maximum atomic E-state index is 13.1. The van der Waals surface area contributed by atoms with Gasteiger partial charge in [-0.25, -0.2) is 0 Å². The Bertz CT molecular complexity index is 842. The van der Waals surface area contributed by atoms with Crippen molar-refractivity contribution in [3.05, 3.63) is 88.8 Å². The molecule has 2 aromatic carbocycles. The van der Waals surface area contributed by atoms with Crippen molar-refractivity contribution in [2.45, 2.75) is 26.4 Å². The normalized spacial score (nSPS) is 10.6. The van der Waals surface area contributed by atoms with Gasteiger partial charge in [-0.1, -0.05) is 30.7 Å². The van der Waals surface area contributed by atoms with Gasteiger partial charge in [-0.15, -0.1) is 0 Å². The van der Waals surface area contributed by atoms with Gasteiger partial charge >= 0.3 is 0 Å². The number of furan rings is 1. The van der Waals surface area contributed by atoms with Crippen molar-refractivity contribution in [2.24, 2.45) is 0 Å². The van der Waals surface area contributed by atoms with Crippen LogP contribution in [0.2, 0.25) is 5.02 Å². The molecule has 5 heteroatoms. The topological polar surface area (TPSA) is 42.7 Å². The number of hydrogen-bond acceptors (Lipinski definition) is 3. The minimum absolute atomic E-state index is 0.0663. The monoisotopic (exact) mass is 383 g/mol. The molecule has 0 spiro atoms. The molecule has 1 aromatic heterocycles. The van der Waals surface area contributed by atoms with E-state index in [2.05, 4.69) is 6.92 Å². The van der Waals surface area contributed by atoms with E-state index in [4.69, 9.17) is 20.8 Å². The number of benzene rings is 2. The first-order valence-corrected chi connectivity index (χ1v) is 9.32. The molecule has 4 nitrogen and oxygen atoms in total. The van der Waals surface area contributed by atoms with Crippen LogP contribution < -0.4 is 4.74 Å². The van der Waals surface area contributed by atoms with Crippen LogP contribution in [-0.4, -0.2) is 17.4 Å².